The molecule has 20 heavy (non-hydrogen) atoms. The van der Waals surface area contributed by atoms with Crippen molar-refractivity contribution in [3.63, 3.8) is 0 Å². The first-order chi connectivity index (χ1) is 9.71. The minimum absolute atomic E-state index is 0.137. The standard InChI is InChI=1S/C15H19N3O2/c1-12-9-18(14-5-2-4-13(8-16)17-14)10-15(20-12)6-3-7-19-11-15/h2,4-5,12H,3,6-7,9-11H2,1H3/t12-,15-/m0/s1. The molecule has 1 aromatic rings. The molecule has 0 aliphatic carbocycles. The Balaban J connectivity index is 1.83. The van der Waals surface area contributed by atoms with E-state index < -0.39 is 0 Å². The topological polar surface area (TPSA) is 58.4 Å². The molecule has 0 N–H and O–H groups in total. The monoisotopic (exact) mass is 273 g/mol. The molecule has 2 atom stereocenters. The molecular weight excluding hydrogens is 254 g/mol. The molecule has 2 aliphatic rings. The van der Waals surface area contributed by atoms with Gasteiger partial charge in [-0.25, -0.2) is 4.98 Å². The predicted octanol–water partition coefficient (Wildman–Crippen LogP) is 1.73. The number of nitrogens with zero attached hydrogens (tertiary/aromatic N) is 3. The highest BCUT2D eigenvalue weighted by Crippen LogP contribution is 2.31. The average molecular weight is 273 g/mol. The maximum atomic E-state index is 8.98. The number of morpholine rings is 1. The van der Waals surface area contributed by atoms with Crippen molar-refractivity contribution in [3.05, 3.63) is 23.9 Å². The van der Waals surface area contributed by atoms with Gasteiger partial charge in [0.2, 0.25) is 0 Å². The fourth-order valence-corrected chi connectivity index (χ4v) is 3.10. The van der Waals surface area contributed by atoms with Gasteiger partial charge in [0.05, 0.1) is 19.3 Å². The first-order valence-corrected chi connectivity index (χ1v) is 7.08. The smallest absolute Gasteiger partial charge is 0.142 e. The molecule has 1 aromatic heterocycles. The van der Waals surface area contributed by atoms with Crippen LogP contribution in [0.5, 0.6) is 0 Å². The molecule has 0 amide bonds. The van der Waals surface area contributed by atoms with Crippen molar-refractivity contribution in [2.75, 3.05) is 31.2 Å². The average Bonchev–Trinajstić information content (AvgIpc) is 2.47. The molecule has 3 heterocycles. The predicted molar refractivity (Wildman–Crippen MR) is 74.5 cm³/mol. The summed E-state index contributed by atoms with van der Waals surface area (Å²) in [4.78, 5) is 6.61. The highest BCUT2D eigenvalue weighted by atomic mass is 16.6. The van der Waals surface area contributed by atoms with Gasteiger partial charge in [0.1, 0.15) is 23.2 Å². The third kappa shape index (κ3) is 2.62. The van der Waals surface area contributed by atoms with Crippen LogP contribution in [0.2, 0.25) is 0 Å². The number of anilines is 1. The molecular formula is C15H19N3O2. The summed E-state index contributed by atoms with van der Waals surface area (Å²) in [5, 5.41) is 8.98. The second kappa shape index (κ2) is 5.39. The van der Waals surface area contributed by atoms with Gasteiger partial charge in [0, 0.05) is 13.2 Å². The van der Waals surface area contributed by atoms with Crippen molar-refractivity contribution in [2.24, 2.45) is 0 Å². The summed E-state index contributed by atoms with van der Waals surface area (Å²) >= 11 is 0. The Kier molecular flexibility index (Phi) is 3.60. The molecule has 0 unspecified atom stereocenters. The van der Waals surface area contributed by atoms with E-state index in [0.717, 1.165) is 38.4 Å². The normalized spacial score (nSPS) is 30.2. The SMILES string of the molecule is C[C@H]1CN(c2cccc(C#N)n2)C[C@]2(CCCOC2)O1. The minimum atomic E-state index is -0.222. The Bertz CT molecular complexity index is 520. The van der Waals surface area contributed by atoms with E-state index in [-0.39, 0.29) is 11.7 Å². The van der Waals surface area contributed by atoms with Crippen molar-refractivity contribution < 1.29 is 9.47 Å². The summed E-state index contributed by atoms with van der Waals surface area (Å²) in [6.07, 6.45) is 2.19. The van der Waals surface area contributed by atoms with E-state index in [2.05, 4.69) is 22.9 Å². The quantitative estimate of drug-likeness (QED) is 0.780. The van der Waals surface area contributed by atoms with Crippen LogP contribution < -0.4 is 4.90 Å². The van der Waals surface area contributed by atoms with E-state index in [0.29, 0.717) is 12.3 Å². The fourth-order valence-electron chi connectivity index (χ4n) is 3.10. The summed E-state index contributed by atoms with van der Waals surface area (Å²) in [6, 6.07) is 7.66. The van der Waals surface area contributed by atoms with Crippen molar-refractivity contribution in [3.8, 4) is 6.07 Å². The van der Waals surface area contributed by atoms with Gasteiger partial charge in [-0.2, -0.15) is 5.26 Å². The number of pyridine rings is 1. The minimum Gasteiger partial charge on any atom is -0.378 e. The molecule has 2 saturated heterocycles. The lowest BCUT2D eigenvalue weighted by molar-refractivity contribution is -0.160. The zero-order chi connectivity index (χ0) is 14.0. The van der Waals surface area contributed by atoms with Crippen LogP contribution in [-0.4, -0.2) is 43.0 Å². The molecule has 2 aliphatic heterocycles. The molecule has 2 fully saturated rings. The van der Waals surface area contributed by atoms with Gasteiger partial charge in [0.25, 0.3) is 0 Å². The van der Waals surface area contributed by atoms with Gasteiger partial charge in [-0.1, -0.05) is 6.07 Å². The largest absolute Gasteiger partial charge is 0.378 e. The molecule has 1 spiro atoms. The Morgan fingerprint density at radius 2 is 2.40 bits per heavy atom. The number of hydrogen-bond donors (Lipinski definition) is 0. The van der Waals surface area contributed by atoms with E-state index in [1.54, 1.807) is 6.07 Å². The van der Waals surface area contributed by atoms with Crippen molar-refractivity contribution in [1.29, 1.82) is 5.26 Å². The lowest BCUT2D eigenvalue weighted by Crippen LogP contribution is -2.58. The van der Waals surface area contributed by atoms with Crippen LogP contribution in [-0.2, 0) is 9.47 Å². The van der Waals surface area contributed by atoms with Crippen LogP contribution in [0.25, 0.3) is 0 Å². The number of aromatic nitrogens is 1. The second-order valence-electron chi connectivity index (χ2n) is 5.64. The zero-order valence-corrected chi connectivity index (χ0v) is 11.7. The van der Waals surface area contributed by atoms with Crippen molar-refractivity contribution in [2.45, 2.75) is 31.5 Å². The first-order valence-electron chi connectivity index (χ1n) is 7.08. The molecule has 3 rings (SSSR count). The van der Waals surface area contributed by atoms with E-state index >= 15 is 0 Å². The number of hydrogen-bond acceptors (Lipinski definition) is 5. The summed E-state index contributed by atoms with van der Waals surface area (Å²) in [5.41, 5.74) is 0.232. The third-order valence-electron chi connectivity index (χ3n) is 3.87. The van der Waals surface area contributed by atoms with Crippen LogP contribution in [0, 0.1) is 11.3 Å². The number of ether oxygens (including phenoxy) is 2. The summed E-state index contributed by atoms with van der Waals surface area (Å²) in [7, 11) is 0. The Morgan fingerprint density at radius 3 is 3.15 bits per heavy atom. The van der Waals surface area contributed by atoms with Gasteiger partial charge >= 0.3 is 0 Å². The maximum absolute atomic E-state index is 8.98. The van der Waals surface area contributed by atoms with E-state index in [9.17, 15) is 0 Å². The molecule has 5 heteroatoms. The molecule has 0 aromatic carbocycles. The molecule has 106 valence electrons. The summed E-state index contributed by atoms with van der Waals surface area (Å²) in [5.74, 6) is 0.851. The highest BCUT2D eigenvalue weighted by molar-refractivity contribution is 5.43. The van der Waals surface area contributed by atoms with Crippen LogP contribution in [0.1, 0.15) is 25.5 Å². The van der Waals surface area contributed by atoms with Gasteiger partial charge in [-0.3, -0.25) is 0 Å². The number of rotatable bonds is 1. The van der Waals surface area contributed by atoms with E-state index in [4.69, 9.17) is 14.7 Å². The fraction of sp³-hybridized carbons (Fsp3) is 0.600. The zero-order valence-electron chi connectivity index (χ0n) is 11.7. The Hall–Kier alpha value is -1.64. The summed E-state index contributed by atoms with van der Waals surface area (Å²) in [6.45, 7) is 5.12. The van der Waals surface area contributed by atoms with Crippen LogP contribution in [0.3, 0.4) is 0 Å². The second-order valence-corrected chi connectivity index (χ2v) is 5.64. The van der Waals surface area contributed by atoms with Crippen LogP contribution >= 0.6 is 0 Å². The number of nitriles is 1. The highest BCUT2D eigenvalue weighted by Gasteiger charge is 2.41. The van der Waals surface area contributed by atoms with E-state index in [1.165, 1.54) is 0 Å². The van der Waals surface area contributed by atoms with Crippen LogP contribution in [0.15, 0.2) is 18.2 Å². The molecule has 5 nitrogen and oxygen atoms in total. The molecule has 0 bridgehead atoms. The molecule has 0 saturated carbocycles. The van der Waals surface area contributed by atoms with Crippen LogP contribution in [0.4, 0.5) is 5.82 Å². The van der Waals surface area contributed by atoms with Crippen molar-refractivity contribution in [1.82, 2.24) is 4.98 Å². The van der Waals surface area contributed by atoms with Gasteiger partial charge in [0.15, 0.2) is 0 Å². The van der Waals surface area contributed by atoms with E-state index in [1.807, 2.05) is 12.1 Å². The first kappa shape index (κ1) is 13.3. The Morgan fingerprint density at radius 1 is 1.50 bits per heavy atom. The van der Waals surface area contributed by atoms with Gasteiger partial charge in [-0.05, 0) is 31.9 Å². The van der Waals surface area contributed by atoms with Crippen molar-refractivity contribution >= 4 is 5.82 Å². The van der Waals surface area contributed by atoms with Gasteiger partial charge in [-0.15, -0.1) is 0 Å². The maximum Gasteiger partial charge on any atom is 0.142 e. The third-order valence-corrected chi connectivity index (χ3v) is 3.87. The molecule has 0 radical (unpaired) electrons. The van der Waals surface area contributed by atoms with Gasteiger partial charge < -0.3 is 14.4 Å². The lowest BCUT2D eigenvalue weighted by Gasteiger charge is -2.47. The Labute approximate surface area is 119 Å². The lowest BCUT2D eigenvalue weighted by atomic mass is 9.93. The summed E-state index contributed by atoms with van der Waals surface area (Å²) < 4.78 is 11.8.